The van der Waals surface area contributed by atoms with Crippen LogP contribution >= 0.6 is 31.9 Å². The van der Waals surface area contributed by atoms with E-state index in [1.807, 2.05) is 6.07 Å². The third kappa shape index (κ3) is 3.63. The van der Waals surface area contributed by atoms with Gasteiger partial charge in [-0.25, -0.2) is 0 Å². The van der Waals surface area contributed by atoms with Crippen molar-refractivity contribution in [2.45, 2.75) is 6.18 Å². The van der Waals surface area contributed by atoms with E-state index in [1.165, 1.54) is 6.20 Å². The molecule has 0 spiro atoms. The lowest BCUT2D eigenvalue weighted by atomic mass is 10.2. The zero-order valence-electron chi connectivity index (χ0n) is 10.4. The summed E-state index contributed by atoms with van der Waals surface area (Å²) >= 11 is 6.11. The Morgan fingerprint density at radius 2 is 1.95 bits per heavy atom. The Balaban J connectivity index is 2.33. The van der Waals surface area contributed by atoms with Crippen molar-refractivity contribution in [1.82, 2.24) is 20.6 Å². The molecule has 0 aliphatic heterocycles. The number of allylic oxidation sites excluding steroid dienone is 1. The fraction of sp³-hybridized carbons (Fsp3) is 0.0909. The maximum Gasteiger partial charge on any atom is 0.416 e. The highest BCUT2D eigenvalue weighted by molar-refractivity contribution is 9.11. The first-order valence-corrected chi connectivity index (χ1v) is 7.08. The Bertz CT molecular complexity index is 725. The summed E-state index contributed by atoms with van der Waals surface area (Å²) in [7, 11) is 0. The number of nitrogens with zero attached hydrogens (tertiary/aromatic N) is 4. The van der Waals surface area contributed by atoms with E-state index in [-0.39, 0.29) is 20.3 Å². The van der Waals surface area contributed by atoms with Crippen LogP contribution in [0.4, 0.5) is 18.9 Å². The molecule has 0 atom stereocenters. The molecule has 2 aromatic rings. The predicted octanol–water partition coefficient (Wildman–Crippen LogP) is 3.72. The Morgan fingerprint density at radius 1 is 1.32 bits per heavy atom. The predicted molar refractivity (Wildman–Crippen MR) is 78.2 cm³/mol. The second kappa shape index (κ2) is 6.45. The van der Waals surface area contributed by atoms with Crippen LogP contribution < -0.4 is 5.32 Å². The van der Waals surface area contributed by atoms with Gasteiger partial charge in [-0.1, -0.05) is 0 Å². The van der Waals surface area contributed by atoms with Crippen molar-refractivity contribution in [2.24, 2.45) is 0 Å². The number of benzene rings is 1. The number of alkyl halides is 3. The lowest BCUT2D eigenvalue weighted by Gasteiger charge is -2.12. The Kier molecular flexibility index (Phi) is 4.82. The third-order valence-electron chi connectivity index (χ3n) is 2.44. The Hall–Kier alpha value is -1.93. The Labute approximate surface area is 138 Å². The third-order valence-corrected chi connectivity index (χ3v) is 3.69. The first-order valence-electron chi connectivity index (χ1n) is 5.49. The highest BCUT2D eigenvalue weighted by atomic mass is 79.9. The van der Waals surface area contributed by atoms with Crippen LogP contribution in [0.25, 0.3) is 5.57 Å². The van der Waals surface area contributed by atoms with Gasteiger partial charge in [0, 0.05) is 15.1 Å². The molecule has 2 rings (SSSR count). The van der Waals surface area contributed by atoms with E-state index in [0.29, 0.717) is 5.69 Å². The molecule has 0 radical (unpaired) electrons. The van der Waals surface area contributed by atoms with E-state index in [1.54, 1.807) is 0 Å². The van der Waals surface area contributed by atoms with Crippen molar-refractivity contribution >= 4 is 43.1 Å². The number of aromatic amines is 1. The molecule has 0 amide bonds. The Morgan fingerprint density at radius 3 is 2.41 bits per heavy atom. The first kappa shape index (κ1) is 16.4. The van der Waals surface area contributed by atoms with E-state index in [4.69, 9.17) is 5.26 Å². The van der Waals surface area contributed by atoms with Gasteiger partial charge in [-0.3, -0.25) is 0 Å². The van der Waals surface area contributed by atoms with Crippen LogP contribution in [0.2, 0.25) is 0 Å². The van der Waals surface area contributed by atoms with Gasteiger partial charge in [-0.15, -0.1) is 10.2 Å². The second-order valence-electron chi connectivity index (χ2n) is 3.86. The number of anilines is 1. The summed E-state index contributed by atoms with van der Waals surface area (Å²) in [5.41, 5.74) is -0.420. The van der Waals surface area contributed by atoms with Gasteiger partial charge in [0.15, 0.2) is 0 Å². The average Bonchev–Trinajstić information content (AvgIpc) is 2.94. The van der Waals surface area contributed by atoms with Crippen molar-refractivity contribution in [3.05, 3.63) is 38.7 Å². The summed E-state index contributed by atoms with van der Waals surface area (Å²) in [6.07, 6.45) is -3.19. The SMILES string of the molecule is N#CC(=CNc1c(Br)cc(C(F)(F)F)cc1Br)c1nn[nH]n1. The number of nitrogens with one attached hydrogen (secondary N) is 2. The quantitative estimate of drug-likeness (QED) is 0.714. The molecule has 1 heterocycles. The molecule has 0 saturated carbocycles. The minimum Gasteiger partial charge on any atom is -0.358 e. The number of halogens is 5. The molecule has 2 N–H and O–H groups in total. The molecule has 1 aromatic carbocycles. The number of hydrogen-bond donors (Lipinski definition) is 2. The van der Waals surface area contributed by atoms with Crippen molar-refractivity contribution in [3.63, 3.8) is 0 Å². The van der Waals surface area contributed by atoms with Gasteiger partial charge in [0.2, 0.25) is 5.82 Å². The normalized spacial score (nSPS) is 12.1. The monoisotopic (exact) mass is 436 g/mol. The van der Waals surface area contributed by atoms with Crippen LogP contribution in [0.15, 0.2) is 27.3 Å². The molecule has 11 heteroatoms. The molecular formula is C11H5Br2F3N6. The second-order valence-corrected chi connectivity index (χ2v) is 5.57. The fourth-order valence-corrected chi connectivity index (χ4v) is 2.86. The summed E-state index contributed by atoms with van der Waals surface area (Å²) in [4.78, 5) is 0. The largest absolute Gasteiger partial charge is 0.416 e. The lowest BCUT2D eigenvalue weighted by molar-refractivity contribution is -0.137. The van der Waals surface area contributed by atoms with Crippen LogP contribution in [-0.4, -0.2) is 20.6 Å². The number of rotatable bonds is 3. The van der Waals surface area contributed by atoms with Gasteiger partial charge < -0.3 is 5.32 Å². The van der Waals surface area contributed by atoms with E-state index in [2.05, 4.69) is 57.8 Å². The standard InChI is InChI=1S/C11H5Br2F3N6/c12-7-1-6(11(14,15)16)2-8(13)9(7)18-4-5(3-17)10-19-21-22-20-10/h1-2,4,18H,(H,19,20,21,22). The fourth-order valence-electron chi connectivity index (χ4n) is 1.44. The maximum atomic E-state index is 12.7. The summed E-state index contributed by atoms with van der Waals surface area (Å²) in [6, 6.07) is 3.72. The van der Waals surface area contributed by atoms with Gasteiger partial charge in [-0.05, 0) is 49.2 Å². The number of hydrogen-bond acceptors (Lipinski definition) is 5. The molecular weight excluding hydrogens is 433 g/mol. The molecule has 6 nitrogen and oxygen atoms in total. The van der Waals surface area contributed by atoms with Crippen LogP contribution in [0.5, 0.6) is 0 Å². The van der Waals surface area contributed by atoms with Crippen LogP contribution in [-0.2, 0) is 6.18 Å². The first-order chi connectivity index (χ1) is 10.3. The van der Waals surface area contributed by atoms with Gasteiger partial charge in [0.05, 0.1) is 11.3 Å². The number of aromatic nitrogens is 4. The van der Waals surface area contributed by atoms with Crippen LogP contribution in [0.3, 0.4) is 0 Å². The summed E-state index contributed by atoms with van der Waals surface area (Å²) in [5.74, 6) is 0.0640. The maximum absolute atomic E-state index is 12.7. The molecule has 0 saturated heterocycles. The zero-order chi connectivity index (χ0) is 16.3. The summed E-state index contributed by atoms with van der Waals surface area (Å²) in [5, 5.41) is 24.5. The number of nitriles is 1. The summed E-state index contributed by atoms with van der Waals surface area (Å²) < 4.78 is 38.4. The van der Waals surface area contributed by atoms with Crippen molar-refractivity contribution in [2.75, 3.05) is 5.32 Å². The molecule has 0 bridgehead atoms. The molecule has 0 aliphatic carbocycles. The minimum absolute atomic E-state index is 0.0625. The van der Waals surface area contributed by atoms with E-state index < -0.39 is 11.7 Å². The van der Waals surface area contributed by atoms with Gasteiger partial charge in [0.25, 0.3) is 0 Å². The highest BCUT2D eigenvalue weighted by Gasteiger charge is 2.31. The van der Waals surface area contributed by atoms with Gasteiger partial charge >= 0.3 is 6.18 Å². The number of tetrazole rings is 1. The molecule has 22 heavy (non-hydrogen) atoms. The lowest BCUT2D eigenvalue weighted by Crippen LogP contribution is -2.06. The summed E-state index contributed by atoms with van der Waals surface area (Å²) in [6.45, 7) is 0. The van der Waals surface area contributed by atoms with Crippen molar-refractivity contribution in [1.29, 1.82) is 5.26 Å². The van der Waals surface area contributed by atoms with Crippen molar-refractivity contribution in [3.8, 4) is 6.07 Å². The topological polar surface area (TPSA) is 90.3 Å². The van der Waals surface area contributed by atoms with E-state index >= 15 is 0 Å². The van der Waals surface area contributed by atoms with Gasteiger partial charge in [0.1, 0.15) is 11.6 Å². The molecule has 0 fully saturated rings. The number of H-pyrrole nitrogens is 1. The van der Waals surface area contributed by atoms with Crippen molar-refractivity contribution < 1.29 is 13.2 Å². The molecule has 1 aromatic heterocycles. The van der Waals surface area contributed by atoms with Gasteiger partial charge in [-0.2, -0.15) is 23.6 Å². The average molecular weight is 438 g/mol. The molecule has 114 valence electrons. The van der Waals surface area contributed by atoms with E-state index in [9.17, 15) is 13.2 Å². The van der Waals surface area contributed by atoms with Crippen LogP contribution in [0, 0.1) is 11.3 Å². The molecule has 0 aliphatic rings. The van der Waals surface area contributed by atoms with E-state index in [0.717, 1.165) is 12.1 Å². The zero-order valence-corrected chi connectivity index (χ0v) is 13.6. The minimum atomic E-state index is -4.46. The highest BCUT2D eigenvalue weighted by Crippen LogP contribution is 2.38. The smallest absolute Gasteiger partial charge is 0.358 e. The van der Waals surface area contributed by atoms with Crippen LogP contribution in [0.1, 0.15) is 11.4 Å². The molecule has 0 unspecified atom stereocenters.